The summed E-state index contributed by atoms with van der Waals surface area (Å²) in [5, 5.41) is 0. The predicted octanol–water partition coefficient (Wildman–Crippen LogP) is 1.92. The molecule has 4 rings (SSSR count). The Morgan fingerprint density at radius 3 is 2.55 bits per heavy atom. The minimum Gasteiger partial charge on any atom is -0.486 e. The molecule has 0 radical (unpaired) electrons. The highest BCUT2D eigenvalue weighted by atomic mass is 32.2. The van der Waals surface area contributed by atoms with Crippen LogP contribution in [0.5, 0.6) is 11.5 Å². The number of fused-ring (bicyclic) bond motifs is 1. The molecule has 2 aliphatic heterocycles. The second kappa shape index (κ2) is 8.00. The van der Waals surface area contributed by atoms with E-state index in [2.05, 4.69) is 4.72 Å². The summed E-state index contributed by atoms with van der Waals surface area (Å²) in [5.74, 6) is 0.425. The molecule has 2 aliphatic rings. The molecular formula is C20H21FN2O5S. The van der Waals surface area contributed by atoms with E-state index in [1.54, 1.807) is 23.1 Å². The molecule has 0 aromatic heterocycles. The van der Waals surface area contributed by atoms with Crippen LogP contribution in [0.25, 0.3) is 0 Å². The van der Waals surface area contributed by atoms with Crippen LogP contribution in [-0.2, 0) is 21.4 Å². The summed E-state index contributed by atoms with van der Waals surface area (Å²) in [5.41, 5.74) is 0.831. The second-order valence-electron chi connectivity index (χ2n) is 7.13. The Labute approximate surface area is 168 Å². The van der Waals surface area contributed by atoms with Crippen LogP contribution in [-0.4, -0.2) is 45.5 Å². The molecule has 1 fully saturated rings. The molecule has 0 unspecified atom stereocenters. The van der Waals surface area contributed by atoms with E-state index in [1.165, 1.54) is 24.3 Å². The summed E-state index contributed by atoms with van der Waals surface area (Å²) in [6, 6.07) is 10.5. The van der Waals surface area contributed by atoms with Gasteiger partial charge >= 0.3 is 0 Å². The maximum atomic E-state index is 13.0. The van der Waals surface area contributed by atoms with Crippen LogP contribution < -0.4 is 14.2 Å². The SMILES string of the molecule is O=C1C[C@H](CNS(=O)(=O)c2ccc3c(c2)OCCO3)CN1Cc1ccc(F)cc1. The van der Waals surface area contributed by atoms with Crippen molar-refractivity contribution in [2.45, 2.75) is 17.9 Å². The Balaban J connectivity index is 1.36. The molecule has 2 heterocycles. The lowest BCUT2D eigenvalue weighted by atomic mass is 10.1. The Bertz CT molecular complexity index is 1010. The normalized spacial score (nSPS) is 18.9. The van der Waals surface area contributed by atoms with E-state index < -0.39 is 10.0 Å². The van der Waals surface area contributed by atoms with E-state index in [0.29, 0.717) is 37.8 Å². The topological polar surface area (TPSA) is 84.9 Å². The van der Waals surface area contributed by atoms with Gasteiger partial charge in [0.15, 0.2) is 11.5 Å². The van der Waals surface area contributed by atoms with Crippen LogP contribution in [0.15, 0.2) is 47.4 Å². The first kappa shape index (κ1) is 19.7. The van der Waals surface area contributed by atoms with Crippen LogP contribution in [0, 0.1) is 11.7 Å². The minimum absolute atomic E-state index is 0.0437. The van der Waals surface area contributed by atoms with E-state index >= 15 is 0 Å². The highest BCUT2D eigenvalue weighted by Gasteiger charge is 2.30. The number of carbonyl (C=O) groups is 1. The fourth-order valence-electron chi connectivity index (χ4n) is 3.46. The molecular weight excluding hydrogens is 399 g/mol. The van der Waals surface area contributed by atoms with Gasteiger partial charge in [-0.1, -0.05) is 12.1 Å². The average molecular weight is 420 g/mol. The third-order valence-corrected chi connectivity index (χ3v) is 6.39. The Morgan fingerprint density at radius 2 is 1.79 bits per heavy atom. The van der Waals surface area contributed by atoms with E-state index in [0.717, 1.165) is 5.56 Å². The molecule has 1 N–H and O–H groups in total. The number of benzene rings is 2. The number of nitrogens with zero attached hydrogens (tertiary/aromatic N) is 1. The van der Waals surface area contributed by atoms with Gasteiger partial charge < -0.3 is 14.4 Å². The van der Waals surface area contributed by atoms with Gasteiger partial charge in [0.05, 0.1) is 4.90 Å². The summed E-state index contributed by atoms with van der Waals surface area (Å²) in [4.78, 5) is 14.0. The summed E-state index contributed by atoms with van der Waals surface area (Å²) >= 11 is 0. The fourth-order valence-corrected chi connectivity index (χ4v) is 4.59. The van der Waals surface area contributed by atoms with Gasteiger partial charge in [0.1, 0.15) is 19.0 Å². The molecule has 0 spiro atoms. The number of amides is 1. The van der Waals surface area contributed by atoms with Crippen molar-refractivity contribution in [2.24, 2.45) is 5.92 Å². The molecule has 1 atom stereocenters. The average Bonchev–Trinajstić information content (AvgIpc) is 3.07. The van der Waals surface area contributed by atoms with E-state index in [4.69, 9.17) is 9.47 Å². The predicted molar refractivity (Wildman–Crippen MR) is 103 cm³/mol. The fraction of sp³-hybridized carbons (Fsp3) is 0.350. The summed E-state index contributed by atoms with van der Waals surface area (Å²) < 4.78 is 51.7. The van der Waals surface area contributed by atoms with Gasteiger partial charge in [-0.05, 0) is 35.7 Å². The highest BCUT2D eigenvalue weighted by Crippen LogP contribution is 2.32. The van der Waals surface area contributed by atoms with Crippen molar-refractivity contribution in [2.75, 3.05) is 26.3 Å². The number of rotatable bonds is 6. The maximum absolute atomic E-state index is 13.0. The van der Waals surface area contributed by atoms with Gasteiger partial charge in [-0.3, -0.25) is 4.79 Å². The first-order valence-corrected chi connectivity index (χ1v) is 10.8. The molecule has 1 saturated heterocycles. The number of carbonyl (C=O) groups excluding carboxylic acids is 1. The lowest BCUT2D eigenvalue weighted by Gasteiger charge is -2.19. The van der Waals surface area contributed by atoms with Crippen LogP contribution in [0.3, 0.4) is 0 Å². The minimum atomic E-state index is -3.74. The van der Waals surface area contributed by atoms with Crippen molar-refractivity contribution >= 4 is 15.9 Å². The number of ether oxygens (including phenoxy) is 2. The largest absolute Gasteiger partial charge is 0.486 e. The van der Waals surface area contributed by atoms with Crippen LogP contribution in [0.1, 0.15) is 12.0 Å². The standard InChI is InChI=1S/C20H21FN2O5S/c21-16-3-1-14(2-4-16)12-23-13-15(9-20(23)24)11-22-29(25,26)17-5-6-18-19(10-17)28-8-7-27-18/h1-6,10,15,22H,7-9,11-13H2/t15-/m1/s1. The van der Waals surface area contributed by atoms with Crippen LogP contribution >= 0.6 is 0 Å². The van der Waals surface area contributed by atoms with E-state index in [9.17, 15) is 17.6 Å². The molecule has 0 aliphatic carbocycles. The summed E-state index contributed by atoms with van der Waals surface area (Å²) in [6.07, 6.45) is 0.269. The smallest absolute Gasteiger partial charge is 0.240 e. The first-order valence-electron chi connectivity index (χ1n) is 9.32. The first-order chi connectivity index (χ1) is 13.9. The van der Waals surface area contributed by atoms with Crippen molar-refractivity contribution in [1.29, 1.82) is 0 Å². The van der Waals surface area contributed by atoms with Crippen molar-refractivity contribution < 1.29 is 27.1 Å². The van der Waals surface area contributed by atoms with Gasteiger partial charge in [0, 0.05) is 32.1 Å². The number of halogens is 1. The van der Waals surface area contributed by atoms with E-state index in [1.807, 2.05) is 0 Å². The zero-order valence-electron chi connectivity index (χ0n) is 15.6. The number of hydrogen-bond donors (Lipinski definition) is 1. The van der Waals surface area contributed by atoms with Crippen molar-refractivity contribution in [3.63, 3.8) is 0 Å². The lowest BCUT2D eigenvalue weighted by molar-refractivity contribution is -0.128. The van der Waals surface area contributed by atoms with Gasteiger partial charge in [0.25, 0.3) is 0 Å². The number of sulfonamides is 1. The van der Waals surface area contributed by atoms with Gasteiger partial charge in [-0.25, -0.2) is 17.5 Å². The molecule has 29 heavy (non-hydrogen) atoms. The number of likely N-dealkylation sites (tertiary alicyclic amines) is 1. The Morgan fingerprint density at radius 1 is 1.07 bits per heavy atom. The van der Waals surface area contributed by atoms with Crippen LogP contribution in [0.2, 0.25) is 0 Å². The summed E-state index contributed by atoms with van der Waals surface area (Å²) in [6.45, 7) is 1.78. The molecule has 1 amide bonds. The zero-order chi connectivity index (χ0) is 20.4. The Hall–Kier alpha value is -2.65. The highest BCUT2D eigenvalue weighted by molar-refractivity contribution is 7.89. The molecule has 7 nitrogen and oxygen atoms in total. The molecule has 0 saturated carbocycles. The van der Waals surface area contributed by atoms with E-state index in [-0.39, 0.29) is 35.5 Å². The lowest BCUT2D eigenvalue weighted by Crippen LogP contribution is -2.31. The monoisotopic (exact) mass is 420 g/mol. The number of nitrogens with one attached hydrogen (secondary N) is 1. The molecule has 154 valence electrons. The Kier molecular flexibility index (Phi) is 5.42. The molecule has 9 heteroatoms. The van der Waals surface area contributed by atoms with Gasteiger partial charge in [0.2, 0.25) is 15.9 Å². The molecule has 2 aromatic carbocycles. The second-order valence-corrected chi connectivity index (χ2v) is 8.90. The zero-order valence-corrected chi connectivity index (χ0v) is 16.5. The summed E-state index contributed by atoms with van der Waals surface area (Å²) in [7, 11) is -3.74. The molecule has 2 aromatic rings. The maximum Gasteiger partial charge on any atom is 0.240 e. The van der Waals surface area contributed by atoms with Crippen LogP contribution in [0.4, 0.5) is 4.39 Å². The van der Waals surface area contributed by atoms with Crippen molar-refractivity contribution in [3.8, 4) is 11.5 Å². The van der Waals surface area contributed by atoms with Gasteiger partial charge in [-0.15, -0.1) is 0 Å². The van der Waals surface area contributed by atoms with Crippen molar-refractivity contribution in [1.82, 2.24) is 9.62 Å². The van der Waals surface area contributed by atoms with Gasteiger partial charge in [-0.2, -0.15) is 0 Å². The third kappa shape index (κ3) is 4.51. The quantitative estimate of drug-likeness (QED) is 0.772. The third-order valence-electron chi connectivity index (χ3n) is 4.97. The molecule has 0 bridgehead atoms. The number of hydrogen-bond acceptors (Lipinski definition) is 5. The van der Waals surface area contributed by atoms with Crippen molar-refractivity contribution in [3.05, 3.63) is 53.8 Å².